The van der Waals surface area contributed by atoms with Crippen molar-refractivity contribution in [3.05, 3.63) is 47.5 Å². The van der Waals surface area contributed by atoms with Crippen LogP contribution in [0.1, 0.15) is 11.4 Å². The van der Waals surface area contributed by atoms with Crippen LogP contribution in [0.4, 0.5) is 14.5 Å². The van der Waals surface area contributed by atoms with E-state index >= 15 is 0 Å². The quantitative estimate of drug-likeness (QED) is 0.889. The number of halogens is 2. The lowest BCUT2D eigenvalue weighted by Crippen LogP contribution is -2.08. The van der Waals surface area contributed by atoms with Crippen LogP contribution in [0.15, 0.2) is 24.5 Å². The van der Waals surface area contributed by atoms with Crippen LogP contribution in [-0.2, 0) is 13.6 Å². The summed E-state index contributed by atoms with van der Waals surface area (Å²) in [5.41, 5.74) is 0.307. The molecule has 0 amide bonds. The van der Waals surface area contributed by atoms with Gasteiger partial charge in [-0.15, -0.1) is 0 Å². The first-order chi connectivity index (χ1) is 8.09. The molecule has 5 heteroatoms. The molecular formula is C12H13F2N3. The lowest BCUT2D eigenvalue weighted by atomic mass is 10.2. The number of nitrogens with one attached hydrogen (secondary N) is 1. The standard InChI is InChI=1S/C12H13F2N3/c1-8-3-4-9(13)12(11(8)14)16-7-10-15-5-6-17(10)2/h3-6,16H,7H2,1-2H3. The Hall–Kier alpha value is -1.91. The number of hydrogen-bond acceptors (Lipinski definition) is 2. The summed E-state index contributed by atoms with van der Waals surface area (Å²) in [4.78, 5) is 4.07. The highest BCUT2D eigenvalue weighted by Crippen LogP contribution is 2.21. The second kappa shape index (κ2) is 4.53. The maximum Gasteiger partial charge on any atom is 0.152 e. The summed E-state index contributed by atoms with van der Waals surface area (Å²) in [5.74, 6) is -0.438. The van der Waals surface area contributed by atoms with E-state index in [0.29, 0.717) is 11.4 Å². The van der Waals surface area contributed by atoms with Crippen molar-refractivity contribution >= 4 is 5.69 Å². The number of imidazole rings is 1. The van der Waals surface area contributed by atoms with Crippen molar-refractivity contribution < 1.29 is 8.78 Å². The van der Waals surface area contributed by atoms with Crippen LogP contribution < -0.4 is 5.32 Å². The van der Waals surface area contributed by atoms with Crippen molar-refractivity contribution in [2.45, 2.75) is 13.5 Å². The molecule has 0 saturated carbocycles. The van der Waals surface area contributed by atoms with Crippen molar-refractivity contribution in [1.29, 1.82) is 0 Å². The van der Waals surface area contributed by atoms with Crippen LogP contribution in [0.3, 0.4) is 0 Å². The van der Waals surface area contributed by atoms with Crippen LogP contribution in [0.5, 0.6) is 0 Å². The molecule has 2 rings (SSSR count). The molecule has 0 aliphatic heterocycles. The lowest BCUT2D eigenvalue weighted by molar-refractivity contribution is 0.581. The summed E-state index contributed by atoms with van der Waals surface area (Å²) in [7, 11) is 1.83. The Labute approximate surface area is 98.1 Å². The number of aryl methyl sites for hydroxylation is 2. The summed E-state index contributed by atoms with van der Waals surface area (Å²) in [5, 5.41) is 2.73. The zero-order chi connectivity index (χ0) is 12.4. The highest BCUT2D eigenvalue weighted by atomic mass is 19.1. The van der Waals surface area contributed by atoms with Gasteiger partial charge in [0.15, 0.2) is 5.82 Å². The molecule has 0 atom stereocenters. The molecule has 0 bridgehead atoms. The van der Waals surface area contributed by atoms with Crippen LogP contribution in [0.25, 0.3) is 0 Å². The van der Waals surface area contributed by atoms with E-state index < -0.39 is 11.6 Å². The summed E-state index contributed by atoms with van der Waals surface area (Å²) in [6, 6.07) is 2.66. The van der Waals surface area contributed by atoms with E-state index in [2.05, 4.69) is 10.3 Å². The lowest BCUT2D eigenvalue weighted by Gasteiger charge is -2.10. The molecule has 3 nitrogen and oxygen atoms in total. The number of aromatic nitrogens is 2. The topological polar surface area (TPSA) is 29.9 Å². The largest absolute Gasteiger partial charge is 0.373 e. The van der Waals surface area contributed by atoms with Gasteiger partial charge in [0.05, 0.1) is 6.54 Å². The second-order valence-corrected chi connectivity index (χ2v) is 3.86. The van der Waals surface area contributed by atoms with E-state index in [4.69, 9.17) is 0 Å². The van der Waals surface area contributed by atoms with Crippen LogP contribution in [-0.4, -0.2) is 9.55 Å². The Morgan fingerprint density at radius 3 is 2.76 bits per heavy atom. The number of nitrogens with zero attached hydrogens (tertiary/aromatic N) is 2. The second-order valence-electron chi connectivity index (χ2n) is 3.86. The van der Waals surface area contributed by atoms with E-state index in [1.165, 1.54) is 12.1 Å². The van der Waals surface area contributed by atoms with Gasteiger partial charge in [-0.2, -0.15) is 0 Å². The van der Waals surface area contributed by atoms with E-state index in [1.807, 2.05) is 7.05 Å². The van der Waals surface area contributed by atoms with E-state index in [-0.39, 0.29) is 12.2 Å². The number of rotatable bonds is 3. The van der Waals surface area contributed by atoms with Crippen LogP contribution in [0, 0.1) is 18.6 Å². The van der Waals surface area contributed by atoms with Gasteiger partial charge in [0.2, 0.25) is 0 Å². The van der Waals surface area contributed by atoms with E-state index in [9.17, 15) is 8.78 Å². The Kier molecular flexibility index (Phi) is 3.08. The Morgan fingerprint density at radius 1 is 1.35 bits per heavy atom. The number of anilines is 1. The summed E-state index contributed by atoms with van der Waals surface area (Å²) in [6.07, 6.45) is 3.42. The van der Waals surface area contributed by atoms with Gasteiger partial charge < -0.3 is 9.88 Å². The monoisotopic (exact) mass is 237 g/mol. The fourth-order valence-electron chi connectivity index (χ4n) is 1.55. The molecular weight excluding hydrogens is 224 g/mol. The molecule has 1 heterocycles. The predicted molar refractivity (Wildman–Crippen MR) is 61.6 cm³/mol. The van der Waals surface area contributed by atoms with Crippen molar-refractivity contribution in [3.8, 4) is 0 Å². The zero-order valence-corrected chi connectivity index (χ0v) is 9.67. The number of hydrogen-bond donors (Lipinski definition) is 1. The van der Waals surface area contributed by atoms with E-state index in [0.717, 1.165) is 0 Å². The number of benzene rings is 1. The van der Waals surface area contributed by atoms with Crippen LogP contribution in [0.2, 0.25) is 0 Å². The minimum atomic E-state index is -0.595. The highest BCUT2D eigenvalue weighted by molar-refractivity contribution is 5.48. The molecule has 0 radical (unpaired) electrons. The first kappa shape index (κ1) is 11.6. The molecule has 0 aliphatic rings. The first-order valence-electron chi connectivity index (χ1n) is 5.24. The fraction of sp³-hybridized carbons (Fsp3) is 0.250. The molecule has 1 N–H and O–H groups in total. The SMILES string of the molecule is Cc1ccc(F)c(NCc2nccn2C)c1F. The average molecular weight is 237 g/mol. The molecule has 0 saturated heterocycles. The zero-order valence-electron chi connectivity index (χ0n) is 9.67. The molecule has 0 unspecified atom stereocenters. The van der Waals surface area contributed by atoms with Gasteiger partial charge in [-0.05, 0) is 18.6 Å². The third-order valence-corrected chi connectivity index (χ3v) is 2.63. The van der Waals surface area contributed by atoms with Gasteiger partial charge in [0.25, 0.3) is 0 Å². The van der Waals surface area contributed by atoms with Gasteiger partial charge in [-0.25, -0.2) is 13.8 Å². The summed E-state index contributed by atoms with van der Waals surface area (Å²) < 4.78 is 28.9. The van der Waals surface area contributed by atoms with Gasteiger partial charge in [0.1, 0.15) is 17.3 Å². The minimum Gasteiger partial charge on any atom is -0.373 e. The first-order valence-corrected chi connectivity index (χ1v) is 5.24. The predicted octanol–water partition coefficient (Wildman–Crippen LogP) is 2.62. The smallest absolute Gasteiger partial charge is 0.152 e. The third-order valence-electron chi connectivity index (χ3n) is 2.63. The van der Waals surface area contributed by atoms with Gasteiger partial charge in [0, 0.05) is 19.4 Å². The van der Waals surface area contributed by atoms with E-state index in [1.54, 1.807) is 23.9 Å². The molecule has 17 heavy (non-hydrogen) atoms. The highest BCUT2D eigenvalue weighted by Gasteiger charge is 2.11. The van der Waals surface area contributed by atoms with Gasteiger partial charge >= 0.3 is 0 Å². The fourth-order valence-corrected chi connectivity index (χ4v) is 1.55. The van der Waals surface area contributed by atoms with Gasteiger partial charge in [-0.3, -0.25) is 0 Å². The van der Waals surface area contributed by atoms with Crippen molar-refractivity contribution in [2.75, 3.05) is 5.32 Å². The molecule has 0 spiro atoms. The molecule has 1 aromatic carbocycles. The minimum absolute atomic E-state index is 0.104. The Balaban J connectivity index is 2.20. The maximum atomic E-state index is 13.7. The molecule has 0 aliphatic carbocycles. The van der Waals surface area contributed by atoms with Crippen molar-refractivity contribution in [2.24, 2.45) is 7.05 Å². The molecule has 1 aromatic heterocycles. The maximum absolute atomic E-state index is 13.7. The molecule has 2 aromatic rings. The average Bonchev–Trinajstić information content (AvgIpc) is 2.70. The Bertz CT molecular complexity index is 535. The van der Waals surface area contributed by atoms with Crippen molar-refractivity contribution in [3.63, 3.8) is 0 Å². The van der Waals surface area contributed by atoms with Gasteiger partial charge in [-0.1, -0.05) is 6.07 Å². The molecule has 90 valence electrons. The Morgan fingerprint density at radius 2 is 2.12 bits per heavy atom. The summed E-state index contributed by atoms with van der Waals surface area (Å²) in [6.45, 7) is 1.88. The normalized spacial score (nSPS) is 10.6. The summed E-state index contributed by atoms with van der Waals surface area (Å²) >= 11 is 0. The third kappa shape index (κ3) is 2.27. The van der Waals surface area contributed by atoms with Crippen molar-refractivity contribution in [1.82, 2.24) is 9.55 Å². The van der Waals surface area contributed by atoms with Crippen LogP contribution >= 0.6 is 0 Å². The molecule has 0 fully saturated rings.